The first-order valence-electron chi connectivity index (χ1n) is 7.37. The normalized spacial score (nSPS) is 8.00. The summed E-state index contributed by atoms with van der Waals surface area (Å²) in [5.41, 5.74) is 4.75. The van der Waals surface area contributed by atoms with Gasteiger partial charge < -0.3 is 0 Å². The van der Waals surface area contributed by atoms with Crippen LogP contribution in [0.2, 0.25) is 0 Å². The van der Waals surface area contributed by atoms with Crippen LogP contribution in [0.25, 0.3) is 0 Å². The molecular weight excluding hydrogens is 244 g/mol. The summed E-state index contributed by atoms with van der Waals surface area (Å²) in [6.07, 6.45) is 3.62. The van der Waals surface area contributed by atoms with Gasteiger partial charge in [-0.15, -0.1) is 0 Å². The van der Waals surface area contributed by atoms with Crippen LogP contribution in [-0.2, 0) is 0 Å². The van der Waals surface area contributed by atoms with E-state index in [2.05, 4.69) is 35.9 Å². The van der Waals surface area contributed by atoms with E-state index < -0.39 is 0 Å². The Bertz CT molecular complexity index is 365. The van der Waals surface area contributed by atoms with Crippen LogP contribution < -0.4 is 0 Å². The van der Waals surface area contributed by atoms with E-state index in [1.807, 2.05) is 66.1 Å². The number of hydrogen-bond donors (Lipinski definition) is 0. The highest BCUT2D eigenvalue weighted by Crippen LogP contribution is 1.99. The van der Waals surface area contributed by atoms with Crippen molar-refractivity contribution in [1.29, 1.82) is 0 Å². The van der Waals surface area contributed by atoms with Crippen molar-refractivity contribution >= 4 is 0 Å². The molecule has 0 aliphatic carbocycles. The summed E-state index contributed by atoms with van der Waals surface area (Å²) in [6, 6.07) is 8.01. The SMILES string of the molecule is CC.CC.Cc1cccnc1C.Cc1cccnc1C. The summed E-state index contributed by atoms with van der Waals surface area (Å²) in [7, 11) is 0. The van der Waals surface area contributed by atoms with Crippen molar-refractivity contribution in [3.63, 3.8) is 0 Å². The first-order valence-corrected chi connectivity index (χ1v) is 7.37. The van der Waals surface area contributed by atoms with Gasteiger partial charge in [0.05, 0.1) is 0 Å². The quantitative estimate of drug-likeness (QED) is 0.638. The Morgan fingerprint density at radius 1 is 0.600 bits per heavy atom. The van der Waals surface area contributed by atoms with Crippen LogP contribution in [0.15, 0.2) is 36.7 Å². The van der Waals surface area contributed by atoms with Crippen molar-refractivity contribution in [1.82, 2.24) is 9.97 Å². The highest BCUT2D eigenvalue weighted by atomic mass is 14.7. The molecule has 2 heterocycles. The summed E-state index contributed by atoms with van der Waals surface area (Å²) in [4.78, 5) is 8.16. The second-order valence-electron chi connectivity index (χ2n) is 3.81. The molecule has 2 aromatic rings. The largest absolute Gasteiger partial charge is 0.261 e. The van der Waals surface area contributed by atoms with Gasteiger partial charge in [0.25, 0.3) is 0 Å². The lowest BCUT2D eigenvalue weighted by Crippen LogP contribution is -1.81. The molecule has 0 atom stereocenters. The minimum atomic E-state index is 1.12. The molecule has 0 fully saturated rings. The second-order valence-corrected chi connectivity index (χ2v) is 3.81. The second kappa shape index (κ2) is 13.7. The molecule has 2 heteroatoms. The molecule has 0 aromatic carbocycles. The lowest BCUT2D eigenvalue weighted by molar-refractivity contribution is 1.15. The van der Waals surface area contributed by atoms with Gasteiger partial charge in [0, 0.05) is 23.8 Å². The Morgan fingerprint density at radius 3 is 1.05 bits per heavy atom. The minimum absolute atomic E-state index is 1.12. The fourth-order valence-corrected chi connectivity index (χ4v) is 1.13. The number of rotatable bonds is 0. The van der Waals surface area contributed by atoms with Crippen LogP contribution in [0.4, 0.5) is 0 Å². The van der Waals surface area contributed by atoms with Crippen LogP contribution in [0.5, 0.6) is 0 Å². The van der Waals surface area contributed by atoms with Crippen LogP contribution in [0, 0.1) is 27.7 Å². The smallest absolute Gasteiger partial charge is 0.0401 e. The van der Waals surface area contributed by atoms with E-state index in [0.717, 1.165) is 11.4 Å². The summed E-state index contributed by atoms with van der Waals surface area (Å²) < 4.78 is 0. The van der Waals surface area contributed by atoms with Crippen molar-refractivity contribution in [2.75, 3.05) is 0 Å². The topological polar surface area (TPSA) is 25.8 Å². The maximum Gasteiger partial charge on any atom is 0.0401 e. The predicted molar refractivity (Wildman–Crippen MR) is 90.1 cm³/mol. The van der Waals surface area contributed by atoms with E-state index in [1.54, 1.807) is 0 Å². The van der Waals surface area contributed by atoms with Crippen LogP contribution in [-0.4, -0.2) is 9.97 Å². The van der Waals surface area contributed by atoms with Crippen LogP contribution in [0.1, 0.15) is 50.2 Å². The van der Waals surface area contributed by atoms with E-state index in [1.165, 1.54) is 11.1 Å². The Labute approximate surface area is 125 Å². The van der Waals surface area contributed by atoms with E-state index in [4.69, 9.17) is 0 Å². The van der Waals surface area contributed by atoms with Gasteiger partial charge in [-0.05, 0) is 51.0 Å². The Hall–Kier alpha value is -1.70. The maximum absolute atomic E-state index is 4.08. The molecule has 0 N–H and O–H groups in total. The Morgan fingerprint density at radius 2 is 0.900 bits per heavy atom. The number of aryl methyl sites for hydroxylation is 4. The number of hydrogen-bond acceptors (Lipinski definition) is 2. The molecule has 2 nitrogen and oxygen atoms in total. The third kappa shape index (κ3) is 9.26. The van der Waals surface area contributed by atoms with Crippen LogP contribution >= 0.6 is 0 Å². The predicted octanol–water partition coefficient (Wildman–Crippen LogP) is 5.45. The fraction of sp³-hybridized carbons (Fsp3) is 0.444. The van der Waals surface area contributed by atoms with Gasteiger partial charge in [-0.3, -0.25) is 9.97 Å². The zero-order valence-electron chi connectivity index (χ0n) is 14.4. The van der Waals surface area contributed by atoms with E-state index in [-0.39, 0.29) is 0 Å². The molecule has 0 spiro atoms. The maximum atomic E-state index is 4.08. The van der Waals surface area contributed by atoms with Crippen molar-refractivity contribution in [2.24, 2.45) is 0 Å². The zero-order valence-corrected chi connectivity index (χ0v) is 14.4. The standard InChI is InChI=1S/2C7H9N.2C2H6/c2*1-6-4-3-5-8-7(6)2;2*1-2/h2*3-5H,1-2H3;2*1-2H3. The summed E-state index contributed by atoms with van der Waals surface area (Å²) in [5.74, 6) is 0. The molecule has 2 aromatic heterocycles. The zero-order chi connectivity index (χ0) is 16.0. The first-order chi connectivity index (χ1) is 9.61. The Kier molecular flexibility index (Phi) is 14.1. The number of pyridine rings is 2. The molecular formula is C18H30N2. The first kappa shape index (κ1) is 20.6. The number of aromatic nitrogens is 2. The van der Waals surface area contributed by atoms with Gasteiger partial charge in [-0.2, -0.15) is 0 Å². The molecule has 0 radical (unpaired) electrons. The minimum Gasteiger partial charge on any atom is -0.261 e. The highest BCUT2D eigenvalue weighted by Gasteiger charge is 1.86. The summed E-state index contributed by atoms with van der Waals surface area (Å²) in [5, 5.41) is 0. The van der Waals surface area contributed by atoms with Crippen LogP contribution in [0.3, 0.4) is 0 Å². The Balaban J connectivity index is 0. The van der Waals surface area contributed by atoms with Gasteiger partial charge in [0.1, 0.15) is 0 Å². The molecule has 2 rings (SSSR count). The molecule has 0 aliphatic heterocycles. The molecule has 112 valence electrons. The van der Waals surface area contributed by atoms with Crippen molar-refractivity contribution < 1.29 is 0 Å². The monoisotopic (exact) mass is 274 g/mol. The summed E-state index contributed by atoms with van der Waals surface area (Å²) >= 11 is 0. The van der Waals surface area contributed by atoms with Crippen molar-refractivity contribution in [3.05, 3.63) is 59.2 Å². The van der Waals surface area contributed by atoms with Gasteiger partial charge >= 0.3 is 0 Å². The highest BCUT2D eigenvalue weighted by molar-refractivity contribution is 5.15. The van der Waals surface area contributed by atoms with E-state index in [9.17, 15) is 0 Å². The number of nitrogens with zero attached hydrogens (tertiary/aromatic N) is 2. The van der Waals surface area contributed by atoms with Gasteiger partial charge in [0.15, 0.2) is 0 Å². The van der Waals surface area contributed by atoms with Gasteiger partial charge in [-0.25, -0.2) is 0 Å². The van der Waals surface area contributed by atoms with Gasteiger partial charge in [0.2, 0.25) is 0 Å². The van der Waals surface area contributed by atoms with Crippen molar-refractivity contribution in [2.45, 2.75) is 55.4 Å². The fourth-order valence-electron chi connectivity index (χ4n) is 1.13. The molecule has 0 unspecified atom stereocenters. The third-order valence-electron chi connectivity index (χ3n) is 2.54. The molecule has 0 aliphatic rings. The average molecular weight is 274 g/mol. The average Bonchev–Trinajstić information content (AvgIpc) is 2.50. The lowest BCUT2D eigenvalue weighted by atomic mass is 10.2. The summed E-state index contributed by atoms with van der Waals surface area (Å²) in [6.45, 7) is 16.1. The third-order valence-corrected chi connectivity index (χ3v) is 2.54. The molecule has 20 heavy (non-hydrogen) atoms. The molecule has 0 saturated heterocycles. The van der Waals surface area contributed by atoms with Gasteiger partial charge in [-0.1, -0.05) is 39.8 Å². The van der Waals surface area contributed by atoms with E-state index >= 15 is 0 Å². The lowest BCUT2D eigenvalue weighted by Gasteiger charge is -1.92. The molecule has 0 bridgehead atoms. The van der Waals surface area contributed by atoms with Crippen molar-refractivity contribution in [3.8, 4) is 0 Å². The van der Waals surface area contributed by atoms with E-state index in [0.29, 0.717) is 0 Å². The molecule has 0 saturated carbocycles. The molecule has 0 amide bonds.